The van der Waals surface area contributed by atoms with Gasteiger partial charge in [0.15, 0.2) is 6.61 Å². The van der Waals surface area contributed by atoms with Crippen LogP contribution in [0.3, 0.4) is 0 Å². The predicted molar refractivity (Wildman–Crippen MR) is 110 cm³/mol. The second kappa shape index (κ2) is 8.52. The number of esters is 1. The minimum absolute atomic E-state index is 0.0132. The van der Waals surface area contributed by atoms with Crippen molar-refractivity contribution >= 4 is 39.2 Å². The molecule has 1 aliphatic carbocycles. The number of anilines is 1. The predicted octanol–water partition coefficient (Wildman–Crippen LogP) is 3.19. The highest BCUT2D eigenvalue weighted by Gasteiger charge is 2.28. The number of aryl methyl sites for hydroxylation is 2. The summed E-state index contributed by atoms with van der Waals surface area (Å²) in [6.07, 6.45) is 1.61. The Bertz CT molecular complexity index is 1060. The third-order valence-corrected chi connectivity index (χ3v) is 6.35. The number of carbonyl (C=O) groups excluding carboxylic acids is 2. The zero-order valence-corrected chi connectivity index (χ0v) is 17.6. The van der Waals surface area contributed by atoms with Crippen LogP contribution in [0.4, 0.5) is 5.69 Å². The number of hydrogen-bond acceptors (Lipinski definition) is 5. The lowest BCUT2D eigenvalue weighted by Crippen LogP contribution is -2.26. The van der Waals surface area contributed by atoms with Gasteiger partial charge in [-0.15, -0.1) is 0 Å². The Morgan fingerprint density at radius 2 is 1.79 bits per heavy atom. The lowest BCUT2D eigenvalue weighted by molar-refractivity contribution is -0.119. The maximum absolute atomic E-state index is 12.4. The van der Waals surface area contributed by atoms with E-state index in [2.05, 4.69) is 10.0 Å². The van der Waals surface area contributed by atoms with Gasteiger partial charge < -0.3 is 10.1 Å². The third-order valence-electron chi connectivity index (χ3n) is 4.43. The standard InChI is InChI=1S/C20H21ClN2O5S/c1-12-4-8-16(29(26,27)23-14-6-7-14)10-17(12)20(25)28-11-19(24)22-15-5-3-13(2)18(21)9-15/h3-5,8-10,14,23H,6-7,11H2,1-2H3,(H,22,24). The van der Waals surface area contributed by atoms with E-state index in [4.69, 9.17) is 16.3 Å². The van der Waals surface area contributed by atoms with Gasteiger partial charge in [0.1, 0.15) is 0 Å². The number of nitrogens with one attached hydrogen (secondary N) is 2. The summed E-state index contributed by atoms with van der Waals surface area (Å²) in [5.41, 5.74) is 2.00. The lowest BCUT2D eigenvalue weighted by atomic mass is 10.1. The number of halogens is 1. The molecule has 1 fully saturated rings. The molecule has 1 saturated carbocycles. The van der Waals surface area contributed by atoms with E-state index in [0.29, 0.717) is 16.3 Å². The van der Waals surface area contributed by atoms with Crippen molar-refractivity contribution in [2.24, 2.45) is 0 Å². The number of amides is 1. The number of carbonyl (C=O) groups is 2. The van der Waals surface area contributed by atoms with Crippen molar-refractivity contribution < 1.29 is 22.7 Å². The molecule has 9 heteroatoms. The molecule has 154 valence electrons. The minimum atomic E-state index is -3.70. The topological polar surface area (TPSA) is 102 Å². The van der Waals surface area contributed by atoms with E-state index >= 15 is 0 Å². The fourth-order valence-corrected chi connectivity index (χ4v) is 4.06. The Morgan fingerprint density at radius 3 is 2.45 bits per heavy atom. The fourth-order valence-electron chi connectivity index (χ4n) is 2.55. The van der Waals surface area contributed by atoms with Crippen LogP contribution in [0, 0.1) is 13.8 Å². The summed E-state index contributed by atoms with van der Waals surface area (Å²) in [4.78, 5) is 24.4. The first-order valence-corrected chi connectivity index (χ1v) is 10.9. The van der Waals surface area contributed by atoms with E-state index in [-0.39, 0.29) is 16.5 Å². The molecule has 0 saturated heterocycles. The second-order valence-corrected chi connectivity index (χ2v) is 9.08. The number of ether oxygens (including phenoxy) is 1. The zero-order valence-electron chi connectivity index (χ0n) is 16.0. The van der Waals surface area contributed by atoms with Crippen LogP contribution in [0.5, 0.6) is 0 Å². The van der Waals surface area contributed by atoms with E-state index in [1.165, 1.54) is 18.2 Å². The molecule has 1 amide bonds. The summed E-state index contributed by atoms with van der Waals surface area (Å²) in [7, 11) is -3.70. The molecule has 0 bridgehead atoms. The first-order chi connectivity index (χ1) is 13.7. The summed E-state index contributed by atoms with van der Waals surface area (Å²) in [5, 5.41) is 3.10. The van der Waals surface area contributed by atoms with Gasteiger partial charge in [-0.3, -0.25) is 4.79 Å². The fraction of sp³-hybridized carbons (Fsp3) is 0.300. The first kappa shape index (κ1) is 21.3. The van der Waals surface area contributed by atoms with Gasteiger partial charge in [0.05, 0.1) is 10.5 Å². The molecular formula is C20H21ClN2O5S. The maximum atomic E-state index is 12.4. The van der Waals surface area contributed by atoms with Gasteiger partial charge >= 0.3 is 5.97 Å². The van der Waals surface area contributed by atoms with Crippen LogP contribution in [0.1, 0.15) is 34.3 Å². The highest BCUT2D eigenvalue weighted by molar-refractivity contribution is 7.89. The molecule has 0 atom stereocenters. The van der Waals surface area contributed by atoms with E-state index in [0.717, 1.165) is 18.4 Å². The summed E-state index contributed by atoms with van der Waals surface area (Å²) >= 11 is 6.02. The Hall–Kier alpha value is -2.42. The Balaban J connectivity index is 1.64. The summed E-state index contributed by atoms with van der Waals surface area (Å²) in [5.74, 6) is -1.31. The van der Waals surface area contributed by atoms with E-state index in [1.807, 2.05) is 6.92 Å². The normalized spacial score (nSPS) is 13.8. The molecule has 0 heterocycles. The Kier molecular flexibility index (Phi) is 6.26. The van der Waals surface area contributed by atoms with Crippen molar-refractivity contribution in [3.63, 3.8) is 0 Å². The molecule has 1 aliphatic rings. The number of sulfonamides is 1. The molecule has 7 nitrogen and oxygen atoms in total. The number of benzene rings is 2. The molecule has 2 aromatic rings. The molecule has 0 aliphatic heterocycles. The minimum Gasteiger partial charge on any atom is -0.452 e. The molecule has 0 radical (unpaired) electrons. The van der Waals surface area contributed by atoms with Gasteiger partial charge in [0.25, 0.3) is 5.91 Å². The molecule has 0 spiro atoms. The smallest absolute Gasteiger partial charge is 0.338 e. The average Bonchev–Trinajstić information content (AvgIpc) is 3.46. The van der Waals surface area contributed by atoms with E-state index < -0.39 is 28.5 Å². The van der Waals surface area contributed by atoms with Gasteiger partial charge in [-0.2, -0.15) is 0 Å². The molecule has 3 rings (SSSR count). The van der Waals surface area contributed by atoms with Crippen molar-refractivity contribution in [2.75, 3.05) is 11.9 Å². The average molecular weight is 437 g/mol. The van der Waals surface area contributed by atoms with Crippen molar-refractivity contribution in [1.29, 1.82) is 0 Å². The van der Waals surface area contributed by atoms with Crippen LogP contribution in [-0.2, 0) is 19.6 Å². The molecule has 29 heavy (non-hydrogen) atoms. The zero-order chi connectivity index (χ0) is 21.2. The lowest BCUT2D eigenvalue weighted by Gasteiger charge is -2.11. The first-order valence-electron chi connectivity index (χ1n) is 9.02. The van der Waals surface area contributed by atoms with Crippen LogP contribution < -0.4 is 10.0 Å². The molecule has 2 aromatic carbocycles. The van der Waals surface area contributed by atoms with Gasteiger partial charge in [0.2, 0.25) is 10.0 Å². The highest BCUT2D eigenvalue weighted by Crippen LogP contribution is 2.24. The van der Waals surface area contributed by atoms with Crippen LogP contribution in [0.15, 0.2) is 41.3 Å². The quantitative estimate of drug-likeness (QED) is 0.649. The van der Waals surface area contributed by atoms with Crippen molar-refractivity contribution in [2.45, 2.75) is 37.6 Å². The number of hydrogen-bond donors (Lipinski definition) is 2. The third kappa shape index (κ3) is 5.56. The van der Waals surface area contributed by atoms with Crippen molar-refractivity contribution in [3.8, 4) is 0 Å². The summed E-state index contributed by atoms with van der Waals surface area (Å²) in [6.45, 7) is 2.99. The summed E-state index contributed by atoms with van der Waals surface area (Å²) in [6, 6.07) is 9.23. The van der Waals surface area contributed by atoms with Crippen LogP contribution >= 0.6 is 11.6 Å². The monoisotopic (exact) mass is 436 g/mol. The molecule has 2 N–H and O–H groups in total. The maximum Gasteiger partial charge on any atom is 0.338 e. The largest absolute Gasteiger partial charge is 0.452 e. The number of rotatable bonds is 7. The van der Waals surface area contributed by atoms with E-state index in [9.17, 15) is 18.0 Å². The van der Waals surface area contributed by atoms with Crippen LogP contribution in [0.2, 0.25) is 5.02 Å². The highest BCUT2D eigenvalue weighted by atomic mass is 35.5. The van der Waals surface area contributed by atoms with E-state index in [1.54, 1.807) is 25.1 Å². The molecular weight excluding hydrogens is 416 g/mol. The van der Waals surface area contributed by atoms with Gasteiger partial charge in [-0.25, -0.2) is 17.9 Å². The van der Waals surface area contributed by atoms with Crippen LogP contribution in [0.25, 0.3) is 0 Å². The van der Waals surface area contributed by atoms with Crippen molar-refractivity contribution in [1.82, 2.24) is 4.72 Å². The van der Waals surface area contributed by atoms with Crippen LogP contribution in [-0.4, -0.2) is 32.9 Å². The molecule has 0 aromatic heterocycles. The summed E-state index contributed by atoms with van der Waals surface area (Å²) < 4.78 is 32.3. The van der Waals surface area contributed by atoms with Gasteiger partial charge in [0, 0.05) is 16.8 Å². The van der Waals surface area contributed by atoms with Crippen molar-refractivity contribution in [3.05, 3.63) is 58.1 Å². The molecule has 0 unspecified atom stereocenters. The second-order valence-electron chi connectivity index (χ2n) is 6.96. The SMILES string of the molecule is Cc1ccc(NC(=O)COC(=O)c2cc(S(=O)(=O)NC3CC3)ccc2C)cc1Cl. The van der Waals surface area contributed by atoms with Gasteiger partial charge in [-0.1, -0.05) is 23.7 Å². The Labute approximate surface area is 174 Å². The van der Waals surface area contributed by atoms with Gasteiger partial charge in [-0.05, 0) is 62.1 Å². The Morgan fingerprint density at radius 1 is 1.10 bits per heavy atom.